The minimum absolute atomic E-state index is 0.159. The monoisotopic (exact) mass is 667 g/mol. The van der Waals surface area contributed by atoms with Crippen molar-refractivity contribution in [3.63, 3.8) is 0 Å². The van der Waals surface area contributed by atoms with E-state index in [-0.39, 0.29) is 6.71 Å². The van der Waals surface area contributed by atoms with Crippen LogP contribution in [0.25, 0.3) is 11.1 Å². The second-order valence-corrected chi connectivity index (χ2v) is 14.8. The molecule has 11 rings (SSSR count). The number of nitrogens with zero attached hydrogens (tertiary/aromatic N) is 3. The van der Waals surface area contributed by atoms with Gasteiger partial charge in [-0.1, -0.05) is 97.1 Å². The molecule has 1 unspecified atom stereocenters. The number of aryl methyl sites for hydroxylation is 1. The van der Waals surface area contributed by atoms with Crippen molar-refractivity contribution in [1.82, 2.24) is 0 Å². The van der Waals surface area contributed by atoms with E-state index in [9.17, 15) is 0 Å². The van der Waals surface area contributed by atoms with Crippen molar-refractivity contribution < 1.29 is 0 Å². The Morgan fingerprint density at radius 2 is 1.23 bits per heavy atom. The Morgan fingerprint density at radius 1 is 0.538 bits per heavy atom. The van der Waals surface area contributed by atoms with E-state index in [0.717, 1.165) is 23.6 Å². The molecule has 0 radical (unpaired) electrons. The van der Waals surface area contributed by atoms with Gasteiger partial charge in [0.15, 0.2) is 0 Å². The maximum Gasteiger partial charge on any atom is 0.252 e. The first kappa shape index (κ1) is 29.7. The molecule has 4 heteroatoms. The first-order chi connectivity index (χ1) is 25.8. The first-order valence-corrected chi connectivity index (χ1v) is 18.9. The highest BCUT2D eigenvalue weighted by molar-refractivity contribution is 7.00. The molecule has 4 aliphatic rings. The van der Waals surface area contributed by atoms with E-state index < -0.39 is 0 Å². The minimum atomic E-state index is 0.159. The van der Waals surface area contributed by atoms with Gasteiger partial charge in [-0.25, -0.2) is 0 Å². The number of benzene rings is 7. The molecule has 0 saturated carbocycles. The van der Waals surface area contributed by atoms with E-state index in [4.69, 9.17) is 0 Å². The maximum absolute atomic E-state index is 2.69. The van der Waals surface area contributed by atoms with Gasteiger partial charge < -0.3 is 14.7 Å². The summed E-state index contributed by atoms with van der Waals surface area (Å²) in [7, 11) is 0. The average molecular weight is 668 g/mol. The largest absolute Gasteiger partial charge is 0.342 e. The Kier molecular flexibility index (Phi) is 6.73. The molecule has 0 saturated heterocycles. The number of para-hydroxylation sites is 3. The molecule has 0 aromatic heterocycles. The molecule has 248 valence electrons. The van der Waals surface area contributed by atoms with Crippen LogP contribution < -0.4 is 31.1 Å². The van der Waals surface area contributed by atoms with Crippen molar-refractivity contribution in [3.8, 4) is 11.1 Å². The second kappa shape index (κ2) is 11.8. The van der Waals surface area contributed by atoms with Crippen LogP contribution >= 0.6 is 0 Å². The number of rotatable bonds is 5. The second-order valence-electron chi connectivity index (χ2n) is 14.8. The van der Waals surface area contributed by atoms with Gasteiger partial charge in [-0.15, -0.1) is 0 Å². The van der Waals surface area contributed by atoms with Crippen LogP contribution in [0, 0.1) is 0 Å². The van der Waals surface area contributed by atoms with Crippen LogP contribution in [0.2, 0.25) is 0 Å². The third-order valence-electron chi connectivity index (χ3n) is 12.0. The van der Waals surface area contributed by atoms with Gasteiger partial charge >= 0.3 is 0 Å². The van der Waals surface area contributed by atoms with E-state index in [1.807, 2.05) is 0 Å². The molecule has 7 aromatic carbocycles. The topological polar surface area (TPSA) is 9.72 Å². The van der Waals surface area contributed by atoms with Crippen LogP contribution in [0.15, 0.2) is 164 Å². The lowest BCUT2D eigenvalue weighted by molar-refractivity contribution is 0.508. The van der Waals surface area contributed by atoms with Crippen LogP contribution in [0.4, 0.5) is 45.5 Å². The van der Waals surface area contributed by atoms with Crippen LogP contribution in [0.3, 0.4) is 0 Å². The lowest BCUT2D eigenvalue weighted by Gasteiger charge is -2.48. The third-order valence-corrected chi connectivity index (χ3v) is 12.0. The van der Waals surface area contributed by atoms with E-state index in [0.29, 0.717) is 5.92 Å². The van der Waals surface area contributed by atoms with Gasteiger partial charge in [0, 0.05) is 52.0 Å². The van der Waals surface area contributed by atoms with Gasteiger partial charge in [0.2, 0.25) is 0 Å². The summed E-state index contributed by atoms with van der Waals surface area (Å²) in [6.07, 6.45) is 5.06. The lowest BCUT2D eigenvalue weighted by Crippen LogP contribution is -2.62. The SMILES string of the molecule is c1ccc(N(c2ccccc2)c2cccc(-c3ccc4c(c3)B3c5ccc6c7c5N(CCC7CCC6)c5cccc(c53)N4c3ccccc3)c2)cc1. The van der Waals surface area contributed by atoms with Gasteiger partial charge in [-0.3, -0.25) is 0 Å². The van der Waals surface area contributed by atoms with Crippen molar-refractivity contribution in [2.24, 2.45) is 0 Å². The highest BCUT2D eigenvalue weighted by Crippen LogP contribution is 2.49. The third kappa shape index (κ3) is 4.47. The molecular formula is C48H38BN3. The van der Waals surface area contributed by atoms with Gasteiger partial charge in [0.25, 0.3) is 6.71 Å². The highest BCUT2D eigenvalue weighted by atomic mass is 15.2. The molecular weight excluding hydrogens is 629 g/mol. The van der Waals surface area contributed by atoms with Crippen molar-refractivity contribution >= 4 is 68.6 Å². The van der Waals surface area contributed by atoms with E-state index in [1.54, 1.807) is 11.1 Å². The van der Waals surface area contributed by atoms with Gasteiger partial charge in [-0.2, -0.15) is 0 Å². The van der Waals surface area contributed by atoms with E-state index in [2.05, 4.69) is 178 Å². The fourth-order valence-corrected chi connectivity index (χ4v) is 9.81. The summed E-state index contributed by atoms with van der Waals surface area (Å²) in [5.74, 6) is 0.676. The fourth-order valence-electron chi connectivity index (χ4n) is 9.81. The number of fused-ring (bicyclic) bond motifs is 4. The highest BCUT2D eigenvalue weighted by Gasteiger charge is 2.46. The summed E-state index contributed by atoms with van der Waals surface area (Å²) in [6, 6.07) is 60.6. The number of hydrogen-bond acceptors (Lipinski definition) is 3. The zero-order valence-corrected chi connectivity index (χ0v) is 29.1. The van der Waals surface area contributed by atoms with Gasteiger partial charge in [0.1, 0.15) is 0 Å². The Hall–Kier alpha value is -6.00. The molecule has 3 nitrogen and oxygen atoms in total. The molecule has 3 aliphatic heterocycles. The van der Waals surface area contributed by atoms with Crippen LogP contribution in [0.1, 0.15) is 36.3 Å². The van der Waals surface area contributed by atoms with E-state index in [1.165, 1.54) is 81.6 Å². The lowest BCUT2D eigenvalue weighted by atomic mass is 9.33. The fraction of sp³-hybridized carbons (Fsp3) is 0.125. The van der Waals surface area contributed by atoms with Gasteiger partial charge in [-0.05, 0) is 137 Å². The molecule has 0 fully saturated rings. The smallest absolute Gasteiger partial charge is 0.252 e. The zero-order valence-electron chi connectivity index (χ0n) is 29.1. The molecule has 3 heterocycles. The molecule has 0 N–H and O–H groups in total. The summed E-state index contributed by atoms with van der Waals surface area (Å²) in [6.45, 7) is 1.24. The molecule has 1 aliphatic carbocycles. The Labute approximate surface area is 306 Å². The standard InChI is InChI=1S/C48H38BN3/c1-4-16-37(17-5-1)51(38-18-6-2-7-19-38)40-22-11-15-35(31-40)36-26-28-43-42(32-36)49-41-27-25-33-13-10-14-34-29-30-50(48(41)46(33)34)44-23-12-24-45(47(44)49)52(43)39-20-8-3-9-21-39/h1-9,11-12,15-28,31-32,34H,10,13-14,29-30H2. The molecule has 52 heavy (non-hydrogen) atoms. The quantitative estimate of drug-likeness (QED) is 0.169. The molecule has 7 aromatic rings. The Balaban J connectivity index is 1.12. The molecule has 0 amide bonds. The van der Waals surface area contributed by atoms with Crippen LogP contribution in [-0.4, -0.2) is 13.3 Å². The minimum Gasteiger partial charge on any atom is -0.342 e. The van der Waals surface area contributed by atoms with Crippen LogP contribution in [0.5, 0.6) is 0 Å². The van der Waals surface area contributed by atoms with E-state index >= 15 is 0 Å². The molecule has 1 atom stereocenters. The maximum atomic E-state index is 2.69. The predicted octanol–water partition coefficient (Wildman–Crippen LogP) is 10.4. The molecule has 0 bridgehead atoms. The zero-order chi connectivity index (χ0) is 34.2. The Bertz CT molecular complexity index is 2440. The predicted molar refractivity (Wildman–Crippen MR) is 220 cm³/mol. The van der Waals surface area contributed by atoms with Crippen molar-refractivity contribution in [3.05, 3.63) is 175 Å². The number of anilines is 8. The summed E-state index contributed by atoms with van der Waals surface area (Å²) >= 11 is 0. The van der Waals surface area contributed by atoms with Crippen molar-refractivity contribution in [2.75, 3.05) is 21.2 Å². The van der Waals surface area contributed by atoms with Crippen LogP contribution in [-0.2, 0) is 6.42 Å². The average Bonchev–Trinajstić information content (AvgIpc) is 3.22. The summed E-state index contributed by atoms with van der Waals surface area (Å²) < 4.78 is 0. The van der Waals surface area contributed by atoms with Crippen molar-refractivity contribution in [2.45, 2.75) is 31.6 Å². The molecule has 0 spiro atoms. The number of hydrogen-bond donors (Lipinski definition) is 0. The van der Waals surface area contributed by atoms with Gasteiger partial charge in [0.05, 0.1) is 0 Å². The Morgan fingerprint density at radius 3 is 2.02 bits per heavy atom. The summed E-state index contributed by atoms with van der Waals surface area (Å²) in [5.41, 5.74) is 20.0. The first-order valence-electron chi connectivity index (χ1n) is 18.9. The summed E-state index contributed by atoms with van der Waals surface area (Å²) in [5, 5.41) is 0. The normalized spacial score (nSPS) is 16.2. The van der Waals surface area contributed by atoms with Crippen molar-refractivity contribution in [1.29, 1.82) is 0 Å². The summed E-state index contributed by atoms with van der Waals surface area (Å²) in [4.78, 5) is 7.55.